The number of hydrogen-bond acceptors (Lipinski definition) is 5. The first-order chi connectivity index (χ1) is 15.9. The molecule has 0 aliphatic carbocycles. The molecule has 4 amide bonds. The quantitative estimate of drug-likeness (QED) is 0.693. The summed E-state index contributed by atoms with van der Waals surface area (Å²) < 4.78 is 7.13. The Balaban J connectivity index is 1.26. The van der Waals surface area contributed by atoms with E-state index in [1.807, 2.05) is 22.8 Å². The van der Waals surface area contributed by atoms with Crippen molar-refractivity contribution in [2.45, 2.75) is 37.9 Å². The van der Waals surface area contributed by atoms with Crippen molar-refractivity contribution in [2.24, 2.45) is 5.92 Å². The number of hydrogen-bond donors (Lipinski definition) is 1. The van der Waals surface area contributed by atoms with E-state index in [4.69, 9.17) is 4.74 Å². The minimum Gasteiger partial charge on any atom is -0.496 e. The van der Waals surface area contributed by atoms with Gasteiger partial charge in [0, 0.05) is 42.9 Å². The summed E-state index contributed by atoms with van der Waals surface area (Å²) >= 11 is 0. The zero-order chi connectivity index (χ0) is 23.1. The third-order valence-corrected chi connectivity index (χ3v) is 6.84. The highest BCUT2D eigenvalue weighted by Gasteiger charge is 2.42. The summed E-state index contributed by atoms with van der Waals surface area (Å²) in [5.41, 5.74) is 1.68. The van der Waals surface area contributed by atoms with Gasteiger partial charge < -0.3 is 19.5 Å². The van der Waals surface area contributed by atoms with Crippen molar-refractivity contribution in [1.82, 2.24) is 19.7 Å². The highest BCUT2D eigenvalue weighted by atomic mass is 16.5. The van der Waals surface area contributed by atoms with Gasteiger partial charge in [-0.1, -0.05) is 24.3 Å². The van der Waals surface area contributed by atoms with Gasteiger partial charge in [0.15, 0.2) is 0 Å². The zero-order valence-corrected chi connectivity index (χ0v) is 18.4. The molecule has 2 saturated heterocycles. The monoisotopic (exact) mass is 450 g/mol. The minimum atomic E-state index is -0.878. The molecule has 2 aromatic rings. The van der Waals surface area contributed by atoms with E-state index in [1.165, 1.54) is 7.11 Å². The van der Waals surface area contributed by atoms with Crippen LogP contribution in [-0.2, 0) is 22.7 Å². The van der Waals surface area contributed by atoms with E-state index in [1.54, 1.807) is 29.2 Å². The molecular weight excluding hydrogens is 424 g/mol. The second kappa shape index (κ2) is 8.38. The summed E-state index contributed by atoms with van der Waals surface area (Å²) in [7, 11) is 1.54. The Hall–Kier alpha value is -3.62. The predicted octanol–water partition coefficient (Wildman–Crippen LogP) is 1.31. The third kappa shape index (κ3) is 3.88. The molecule has 0 radical (unpaired) electrons. The summed E-state index contributed by atoms with van der Waals surface area (Å²) in [6, 6.07) is 11.1. The molecule has 33 heavy (non-hydrogen) atoms. The van der Waals surface area contributed by atoms with Crippen LogP contribution in [0.4, 0.5) is 4.79 Å². The Bertz CT molecular complexity index is 1180. The Kier molecular flexibility index (Phi) is 5.39. The topological polar surface area (TPSA) is 101 Å². The molecule has 4 heterocycles. The molecule has 1 aromatic carbocycles. The first kappa shape index (κ1) is 21.2. The molecular formula is C24H26N4O5. The number of likely N-dealkylation sites (tertiary alicyclic amines) is 1. The Morgan fingerprint density at radius 2 is 1.88 bits per heavy atom. The van der Waals surface area contributed by atoms with Gasteiger partial charge in [0.05, 0.1) is 20.1 Å². The van der Waals surface area contributed by atoms with E-state index < -0.39 is 18.0 Å². The van der Waals surface area contributed by atoms with E-state index in [-0.39, 0.29) is 36.3 Å². The maximum atomic E-state index is 13.1. The van der Waals surface area contributed by atoms with E-state index >= 15 is 0 Å². The molecule has 3 aliphatic heterocycles. The number of urea groups is 1. The van der Waals surface area contributed by atoms with Gasteiger partial charge in [-0.15, -0.1) is 0 Å². The standard InChI is InChI=1S/C24H26N4O5/c1-33-20-7-3-2-5-16(20)14-28-23(31)18(25-24(28)32)10-22(30)26-11-15-9-17(13-26)19-6-4-8-21(29)27(19)12-15/h2-8,15,17-18H,9-14H2,1H3,(H,25,32)/t15-,17+,18+/m1/s1. The molecule has 3 atom stereocenters. The van der Waals surface area contributed by atoms with Crippen LogP contribution in [0.5, 0.6) is 5.75 Å². The van der Waals surface area contributed by atoms with Gasteiger partial charge in [-0.3, -0.25) is 19.3 Å². The predicted molar refractivity (Wildman–Crippen MR) is 119 cm³/mol. The lowest BCUT2D eigenvalue weighted by molar-refractivity contribution is -0.137. The molecule has 3 aliphatic rings. The average Bonchev–Trinajstić information content (AvgIpc) is 3.07. The summed E-state index contributed by atoms with van der Waals surface area (Å²) in [5.74, 6) is 0.335. The van der Waals surface area contributed by atoms with E-state index in [0.29, 0.717) is 30.9 Å². The fourth-order valence-corrected chi connectivity index (χ4v) is 5.27. The molecule has 2 bridgehead atoms. The number of aromatic nitrogens is 1. The van der Waals surface area contributed by atoms with Crippen LogP contribution >= 0.6 is 0 Å². The first-order valence-electron chi connectivity index (χ1n) is 11.2. The van der Waals surface area contributed by atoms with Crippen LogP contribution in [0.2, 0.25) is 0 Å². The number of fused-ring (bicyclic) bond motifs is 4. The van der Waals surface area contributed by atoms with Crippen LogP contribution in [0.3, 0.4) is 0 Å². The molecule has 1 aromatic heterocycles. The molecule has 0 unspecified atom stereocenters. The molecule has 9 nitrogen and oxygen atoms in total. The number of pyridine rings is 1. The fraction of sp³-hybridized carbons (Fsp3) is 0.417. The summed E-state index contributed by atoms with van der Waals surface area (Å²) in [5, 5.41) is 2.66. The number of carbonyl (C=O) groups is 3. The molecule has 2 fully saturated rings. The third-order valence-electron chi connectivity index (χ3n) is 6.84. The number of carbonyl (C=O) groups excluding carboxylic acids is 3. The lowest BCUT2D eigenvalue weighted by Gasteiger charge is -2.43. The van der Waals surface area contributed by atoms with Gasteiger partial charge >= 0.3 is 6.03 Å². The summed E-state index contributed by atoms with van der Waals surface area (Å²) in [4.78, 5) is 53.6. The van der Waals surface area contributed by atoms with Crippen molar-refractivity contribution in [1.29, 1.82) is 0 Å². The molecule has 1 N–H and O–H groups in total. The smallest absolute Gasteiger partial charge is 0.325 e. The second-order valence-corrected chi connectivity index (χ2v) is 8.94. The highest BCUT2D eigenvalue weighted by molar-refractivity contribution is 6.05. The number of nitrogens with zero attached hydrogens (tertiary/aromatic N) is 3. The van der Waals surface area contributed by atoms with Crippen LogP contribution in [0.15, 0.2) is 47.3 Å². The van der Waals surface area contributed by atoms with Crippen molar-refractivity contribution in [3.8, 4) is 5.75 Å². The van der Waals surface area contributed by atoms with E-state index in [2.05, 4.69) is 5.32 Å². The minimum absolute atomic E-state index is 0.00335. The van der Waals surface area contributed by atoms with Crippen LogP contribution in [0, 0.1) is 5.92 Å². The zero-order valence-electron chi connectivity index (χ0n) is 18.4. The lowest BCUT2D eigenvalue weighted by atomic mass is 9.83. The second-order valence-electron chi connectivity index (χ2n) is 8.94. The van der Waals surface area contributed by atoms with Crippen molar-refractivity contribution in [2.75, 3.05) is 20.2 Å². The van der Waals surface area contributed by atoms with Crippen LogP contribution in [0.25, 0.3) is 0 Å². The highest BCUT2D eigenvalue weighted by Crippen LogP contribution is 2.35. The Labute approximate surface area is 190 Å². The Morgan fingerprint density at radius 3 is 2.70 bits per heavy atom. The largest absolute Gasteiger partial charge is 0.496 e. The number of ether oxygens (including phenoxy) is 1. The number of amides is 4. The maximum absolute atomic E-state index is 13.1. The van der Waals surface area contributed by atoms with Crippen molar-refractivity contribution in [3.63, 3.8) is 0 Å². The molecule has 9 heteroatoms. The number of imide groups is 1. The van der Waals surface area contributed by atoms with Gasteiger partial charge in [-0.2, -0.15) is 0 Å². The fourth-order valence-electron chi connectivity index (χ4n) is 5.27. The lowest BCUT2D eigenvalue weighted by Crippen LogP contribution is -2.50. The maximum Gasteiger partial charge on any atom is 0.325 e. The first-order valence-corrected chi connectivity index (χ1v) is 11.2. The van der Waals surface area contributed by atoms with Gasteiger partial charge in [0.25, 0.3) is 11.5 Å². The molecule has 0 saturated carbocycles. The van der Waals surface area contributed by atoms with Crippen molar-refractivity contribution in [3.05, 3.63) is 64.1 Å². The van der Waals surface area contributed by atoms with E-state index in [9.17, 15) is 19.2 Å². The number of benzene rings is 1. The van der Waals surface area contributed by atoms with Gasteiger partial charge in [0.1, 0.15) is 11.8 Å². The van der Waals surface area contributed by atoms with Crippen LogP contribution < -0.4 is 15.6 Å². The number of piperidine rings is 1. The van der Waals surface area contributed by atoms with Gasteiger partial charge in [-0.25, -0.2) is 4.79 Å². The van der Waals surface area contributed by atoms with E-state index in [0.717, 1.165) is 17.0 Å². The Morgan fingerprint density at radius 1 is 1.06 bits per heavy atom. The van der Waals surface area contributed by atoms with Gasteiger partial charge in [0.2, 0.25) is 5.91 Å². The summed E-state index contributed by atoms with van der Waals surface area (Å²) in [6.07, 6.45) is 0.868. The number of rotatable bonds is 5. The van der Waals surface area contributed by atoms with Crippen molar-refractivity contribution < 1.29 is 19.1 Å². The molecule has 172 valence electrons. The van der Waals surface area contributed by atoms with Crippen LogP contribution in [-0.4, -0.2) is 58.5 Å². The number of nitrogens with one attached hydrogen (secondary N) is 1. The SMILES string of the molecule is COc1ccccc1CN1C(=O)N[C@@H](CC(=O)N2C[C@H]3C[C@@H](C2)c2cccc(=O)n2C3)C1=O. The van der Waals surface area contributed by atoms with Crippen LogP contribution in [0.1, 0.15) is 30.0 Å². The number of methoxy groups -OCH3 is 1. The molecule has 5 rings (SSSR count). The van der Waals surface area contributed by atoms with Crippen molar-refractivity contribution >= 4 is 17.8 Å². The summed E-state index contributed by atoms with van der Waals surface area (Å²) in [6.45, 7) is 1.74. The normalized spacial score (nSPS) is 23.8. The average molecular weight is 450 g/mol. The number of para-hydroxylation sites is 1. The van der Waals surface area contributed by atoms with Gasteiger partial charge in [-0.05, 0) is 24.5 Å². The molecule has 0 spiro atoms.